The molecule has 2 aromatic rings. The number of aryl methyl sites for hydroxylation is 1. The summed E-state index contributed by atoms with van der Waals surface area (Å²) in [4.78, 5) is 20.1. The van der Waals surface area contributed by atoms with Crippen LogP contribution in [0.3, 0.4) is 0 Å². The van der Waals surface area contributed by atoms with Crippen LogP contribution in [0.15, 0.2) is 24.3 Å². The molecule has 0 aliphatic carbocycles. The number of nitrogens with one attached hydrogen (secondary N) is 1. The first-order valence-electron chi connectivity index (χ1n) is 6.67. The van der Waals surface area contributed by atoms with E-state index in [9.17, 15) is 4.79 Å². The first-order chi connectivity index (χ1) is 10.5. The predicted molar refractivity (Wildman–Crippen MR) is 81.9 cm³/mol. The highest BCUT2D eigenvalue weighted by atomic mass is 16.5. The second-order valence-corrected chi connectivity index (χ2v) is 4.53. The van der Waals surface area contributed by atoms with Gasteiger partial charge in [-0.15, -0.1) is 0 Å². The molecule has 22 heavy (non-hydrogen) atoms. The van der Waals surface area contributed by atoms with Gasteiger partial charge >= 0.3 is 0 Å². The van der Waals surface area contributed by atoms with Crippen LogP contribution in [-0.4, -0.2) is 30.0 Å². The number of benzene rings is 1. The number of ether oxygens (including phenoxy) is 2. The number of carbonyl (C=O) groups is 1. The Kier molecular flexibility index (Phi) is 4.77. The van der Waals surface area contributed by atoms with E-state index < -0.39 is 0 Å². The van der Waals surface area contributed by atoms with E-state index in [1.54, 1.807) is 45.3 Å². The molecule has 0 bridgehead atoms. The predicted octanol–water partition coefficient (Wildman–Crippen LogP) is 1.31. The maximum Gasteiger partial charge on any atom is 0.254 e. The monoisotopic (exact) mass is 302 g/mol. The third kappa shape index (κ3) is 3.43. The van der Waals surface area contributed by atoms with Gasteiger partial charge in [0.25, 0.3) is 5.91 Å². The number of nitrogens with two attached hydrogens (primary N) is 1. The third-order valence-electron chi connectivity index (χ3n) is 3.07. The van der Waals surface area contributed by atoms with Crippen LogP contribution < -0.4 is 20.5 Å². The van der Waals surface area contributed by atoms with E-state index in [0.717, 1.165) is 5.75 Å². The minimum atomic E-state index is -0.272. The Morgan fingerprint density at radius 3 is 2.45 bits per heavy atom. The molecule has 0 fully saturated rings. The fourth-order valence-corrected chi connectivity index (χ4v) is 2.00. The van der Waals surface area contributed by atoms with E-state index in [1.165, 1.54) is 0 Å². The summed E-state index contributed by atoms with van der Waals surface area (Å²) in [5, 5.41) is 2.56. The second kappa shape index (κ2) is 6.75. The maximum atomic E-state index is 12.0. The van der Waals surface area contributed by atoms with Crippen molar-refractivity contribution in [2.45, 2.75) is 13.5 Å². The lowest BCUT2D eigenvalue weighted by Gasteiger charge is -2.12. The lowest BCUT2D eigenvalue weighted by Crippen LogP contribution is -2.23. The summed E-state index contributed by atoms with van der Waals surface area (Å²) >= 11 is 0. The van der Waals surface area contributed by atoms with E-state index >= 15 is 0 Å². The topological polar surface area (TPSA) is 99.4 Å². The van der Waals surface area contributed by atoms with Crippen molar-refractivity contribution in [2.75, 3.05) is 19.9 Å². The summed E-state index contributed by atoms with van der Waals surface area (Å²) in [6, 6.07) is 7.12. The second-order valence-electron chi connectivity index (χ2n) is 4.53. The Hall–Kier alpha value is -2.83. The molecular formula is C15H18N4O3. The normalized spacial score (nSPS) is 10.1. The van der Waals surface area contributed by atoms with Crippen molar-refractivity contribution in [2.24, 2.45) is 0 Å². The van der Waals surface area contributed by atoms with E-state index in [2.05, 4.69) is 15.3 Å². The molecule has 0 saturated carbocycles. The van der Waals surface area contributed by atoms with Gasteiger partial charge in [-0.3, -0.25) is 4.79 Å². The SMILES string of the molecule is CNC(=O)c1c(C)nc(N)nc1COc1ccc(OC)cc1. The fraction of sp³-hybridized carbons (Fsp3) is 0.267. The molecule has 0 aliphatic heterocycles. The Balaban J connectivity index is 2.22. The molecule has 1 amide bonds. The summed E-state index contributed by atoms with van der Waals surface area (Å²) in [7, 11) is 3.14. The van der Waals surface area contributed by atoms with Crippen LogP contribution in [0.2, 0.25) is 0 Å². The molecule has 2 rings (SSSR count). The van der Waals surface area contributed by atoms with Gasteiger partial charge < -0.3 is 20.5 Å². The molecule has 0 atom stereocenters. The summed E-state index contributed by atoms with van der Waals surface area (Å²) in [5.74, 6) is 1.21. The zero-order valence-electron chi connectivity index (χ0n) is 12.7. The lowest BCUT2D eigenvalue weighted by molar-refractivity contribution is 0.0959. The number of amides is 1. The van der Waals surface area contributed by atoms with Crippen LogP contribution in [0.25, 0.3) is 0 Å². The van der Waals surface area contributed by atoms with Crippen molar-refractivity contribution in [1.82, 2.24) is 15.3 Å². The first-order valence-corrected chi connectivity index (χ1v) is 6.67. The molecule has 3 N–H and O–H groups in total. The zero-order valence-corrected chi connectivity index (χ0v) is 12.7. The molecule has 7 heteroatoms. The van der Waals surface area contributed by atoms with Gasteiger partial charge in [0.2, 0.25) is 5.95 Å². The first kappa shape index (κ1) is 15.6. The molecule has 1 aromatic carbocycles. The number of hydrogen-bond acceptors (Lipinski definition) is 6. The average Bonchev–Trinajstić information content (AvgIpc) is 2.52. The highest BCUT2D eigenvalue weighted by molar-refractivity contribution is 5.96. The Morgan fingerprint density at radius 1 is 1.23 bits per heavy atom. The van der Waals surface area contributed by atoms with Crippen LogP contribution in [0.4, 0.5) is 5.95 Å². The number of carbonyl (C=O) groups excluding carboxylic acids is 1. The van der Waals surface area contributed by atoms with Crippen LogP contribution in [-0.2, 0) is 6.61 Å². The van der Waals surface area contributed by atoms with Crippen molar-refractivity contribution in [3.63, 3.8) is 0 Å². The number of nitrogens with zero attached hydrogens (tertiary/aromatic N) is 2. The number of aromatic nitrogens is 2. The van der Waals surface area contributed by atoms with Gasteiger partial charge in [-0.25, -0.2) is 9.97 Å². The molecule has 0 saturated heterocycles. The fourth-order valence-electron chi connectivity index (χ4n) is 2.00. The molecule has 1 heterocycles. The zero-order chi connectivity index (χ0) is 16.1. The van der Waals surface area contributed by atoms with Crippen molar-refractivity contribution in [3.8, 4) is 11.5 Å². The van der Waals surface area contributed by atoms with Crippen molar-refractivity contribution >= 4 is 11.9 Å². The standard InChI is InChI=1S/C15H18N4O3/c1-9-13(14(20)17-2)12(19-15(16)18-9)8-22-11-6-4-10(21-3)5-7-11/h4-7H,8H2,1-3H3,(H,17,20)(H2,16,18,19). The van der Waals surface area contributed by atoms with Crippen molar-refractivity contribution < 1.29 is 14.3 Å². The number of rotatable bonds is 5. The quantitative estimate of drug-likeness (QED) is 0.864. The molecule has 116 valence electrons. The van der Waals surface area contributed by atoms with Gasteiger partial charge in [0.1, 0.15) is 18.1 Å². The smallest absolute Gasteiger partial charge is 0.254 e. The van der Waals surface area contributed by atoms with Crippen LogP contribution in [0.1, 0.15) is 21.7 Å². The Bertz CT molecular complexity index is 671. The van der Waals surface area contributed by atoms with E-state index in [0.29, 0.717) is 22.7 Å². The third-order valence-corrected chi connectivity index (χ3v) is 3.07. The van der Waals surface area contributed by atoms with E-state index in [4.69, 9.17) is 15.2 Å². The summed E-state index contributed by atoms with van der Waals surface area (Å²) < 4.78 is 10.7. The minimum absolute atomic E-state index is 0.110. The van der Waals surface area contributed by atoms with Crippen molar-refractivity contribution in [3.05, 3.63) is 41.2 Å². The molecule has 1 aromatic heterocycles. The highest BCUT2D eigenvalue weighted by Gasteiger charge is 2.17. The van der Waals surface area contributed by atoms with Gasteiger partial charge in [0.15, 0.2) is 0 Å². The molecule has 0 radical (unpaired) electrons. The van der Waals surface area contributed by atoms with Gasteiger partial charge in [-0.1, -0.05) is 0 Å². The minimum Gasteiger partial charge on any atom is -0.497 e. The van der Waals surface area contributed by atoms with E-state index in [1.807, 2.05) is 0 Å². The van der Waals surface area contributed by atoms with Gasteiger partial charge in [-0.2, -0.15) is 0 Å². The lowest BCUT2D eigenvalue weighted by atomic mass is 10.1. The summed E-state index contributed by atoms with van der Waals surface area (Å²) in [6.07, 6.45) is 0. The number of anilines is 1. The number of hydrogen-bond donors (Lipinski definition) is 2. The average molecular weight is 302 g/mol. The van der Waals surface area contributed by atoms with Crippen LogP contribution in [0, 0.1) is 6.92 Å². The highest BCUT2D eigenvalue weighted by Crippen LogP contribution is 2.19. The summed E-state index contributed by atoms with van der Waals surface area (Å²) in [6.45, 7) is 1.82. The molecule has 0 unspecified atom stereocenters. The molecule has 0 aliphatic rings. The number of methoxy groups -OCH3 is 1. The van der Waals surface area contributed by atoms with Gasteiger partial charge in [0.05, 0.1) is 24.1 Å². The molecule has 0 spiro atoms. The maximum absolute atomic E-state index is 12.0. The largest absolute Gasteiger partial charge is 0.497 e. The Morgan fingerprint density at radius 2 is 1.86 bits per heavy atom. The summed E-state index contributed by atoms with van der Waals surface area (Å²) in [5.41, 5.74) is 6.99. The van der Waals surface area contributed by atoms with Gasteiger partial charge in [0, 0.05) is 7.05 Å². The van der Waals surface area contributed by atoms with E-state index in [-0.39, 0.29) is 18.5 Å². The Labute approximate surface area is 128 Å². The van der Waals surface area contributed by atoms with Crippen LogP contribution >= 0.6 is 0 Å². The van der Waals surface area contributed by atoms with Crippen molar-refractivity contribution in [1.29, 1.82) is 0 Å². The molecular weight excluding hydrogens is 284 g/mol. The van der Waals surface area contributed by atoms with Crippen LogP contribution in [0.5, 0.6) is 11.5 Å². The molecule has 7 nitrogen and oxygen atoms in total. The number of nitrogen functional groups attached to an aromatic ring is 1. The van der Waals surface area contributed by atoms with Gasteiger partial charge in [-0.05, 0) is 31.2 Å².